The van der Waals surface area contributed by atoms with E-state index >= 15 is 0 Å². The molecule has 3 aromatic carbocycles. The average Bonchev–Trinajstić information content (AvgIpc) is 3.34. The van der Waals surface area contributed by atoms with Gasteiger partial charge in [-0.05, 0) is 71.9 Å². The number of nitrogens with zero attached hydrogens (tertiary/aromatic N) is 3. The zero-order valence-electron chi connectivity index (χ0n) is 18.8. The van der Waals surface area contributed by atoms with E-state index in [1.807, 2.05) is 0 Å². The zero-order chi connectivity index (χ0) is 26.5. The van der Waals surface area contributed by atoms with E-state index in [2.05, 4.69) is 15.2 Å². The lowest BCUT2D eigenvalue weighted by Gasteiger charge is -2.06. The van der Waals surface area contributed by atoms with Crippen LogP contribution in [-0.4, -0.2) is 38.3 Å². The van der Waals surface area contributed by atoms with Crippen LogP contribution in [0.15, 0.2) is 80.5 Å². The number of carboxylic acid groups (broad SMARTS) is 1. The lowest BCUT2D eigenvalue weighted by Crippen LogP contribution is -1.98. The van der Waals surface area contributed by atoms with Crippen molar-refractivity contribution in [2.24, 2.45) is 0 Å². The second kappa shape index (κ2) is 11.7. The van der Waals surface area contributed by atoms with Crippen LogP contribution < -0.4 is 4.74 Å². The number of halogens is 2. The number of H-pyrrole nitrogens is 1. The van der Waals surface area contributed by atoms with Crippen molar-refractivity contribution in [3.63, 3.8) is 0 Å². The second-order valence-corrected chi connectivity index (χ2v) is 10.3. The van der Waals surface area contributed by atoms with Crippen LogP contribution in [0.4, 0.5) is 5.69 Å². The number of benzene rings is 3. The Kier molecular flexibility index (Phi) is 8.39. The lowest BCUT2D eigenvalue weighted by atomic mass is 10.2. The van der Waals surface area contributed by atoms with Crippen molar-refractivity contribution in [3.05, 3.63) is 91.3 Å². The van der Waals surface area contributed by atoms with Crippen LogP contribution in [0.2, 0.25) is 10.0 Å². The maximum absolute atomic E-state index is 11.9. The van der Waals surface area contributed by atoms with E-state index in [0.717, 1.165) is 16.7 Å². The molecule has 188 valence electrons. The molecule has 0 aliphatic heterocycles. The summed E-state index contributed by atoms with van der Waals surface area (Å²) in [6, 6.07) is 16.4. The molecule has 0 bridgehead atoms. The fraction of sp³-hybridized carbons (Fsp3) is 0.0417. The molecule has 37 heavy (non-hydrogen) atoms. The first-order valence-electron chi connectivity index (χ1n) is 10.3. The molecular formula is C24H16Cl2N4O5S2. The van der Waals surface area contributed by atoms with Crippen molar-refractivity contribution in [1.29, 1.82) is 0 Å². The molecule has 0 unspecified atom stereocenters. The highest BCUT2D eigenvalue weighted by Gasteiger charge is 2.19. The van der Waals surface area contributed by atoms with Crippen molar-refractivity contribution in [2.45, 2.75) is 14.9 Å². The number of aliphatic carboxylic acids is 1. The molecule has 1 aromatic heterocycles. The van der Waals surface area contributed by atoms with Crippen LogP contribution in [0.5, 0.6) is 5.75 Å². The number of rotatable bonds is 9. The predicted octanol–water partition coefficient (Wildman–Crippen LogP) is 7.06. The summed E-state index contributed by atoms with van der Waals surface area (Å²) >= 11 is 14.0. The van der Waals surface area contributed by atoms with Gasteiger partial charge in [0.05, 0.1) is 22.5 Å². The molecule has 4 aromatic rings. The van der Waals surface area contributed by atoms with Gasteiger partial charge in [0.1, 0.15) is 10.7 Å². The van der Waals surface area contributed by atoms with Gasteiger partial charge in [0.2, 0.25) is 5.16 Å². The third-order valence-electron chi connectivity index (χ3n) is 4.81. The topological polar surface area (TPSA) is 131 Å². The highest BCUT2D eigenvalue weighted by atomic mass is 35.5. The Morgan fingerprint density at radius 2 is 1.84 bits per heavy atom. The molecule has 0 saturated carbocycles. The minimum absolute atomic E-state index is 0.129. The number of hydrogen-bond donors (Lipinski definition) is 2. The van der Waals surface area contributed by atoms with Gasteiger partial charge in [-0.3, -0.25) is 15.2 Å². The SMILES string of the molecule is COc1ccc(Cl)cc1-c1nc(S/C(=C/c2ccc(Sc3ccc(Cl)cc3)c([N+](=O)[O-])c2)C(=O)O)n[nH]1. The van der Waals surface area contributed by atoms with Gasteiger partial charge in [-0.15, -0.1) is 5.10 Å². The molecule has 4 rings (SSSR count). The maximum Gasteiger partial charge on any atom is 0.342 e. The Morgan fingerprint density at radius 1 is 1.11 bits per heavy atom. The molecule has 13 heteroatoms. The summed E-state index contributed by atoms with van der Waals surface area (Å²) in [5.74, 6) is -0.389. The maximum atomic E-state index is 11.9. The van der Waals surface area contributed by atoms with Crippen molar-refractivity contribution in [1.82, 2.24) is 15.2 Å². The van der Waals surface area contributed by atoms with Gasteiger partial charge in [-0.2, -0.15) is 0 Å². The van der Waals surface area contributed by atoms with Gasteiger partial charge in [0.15, 0.2) is 5.82 Å². The number of nitrogens with one attached hydrogen (secondary N) is 1. The van der Waals surface area contributed by atoms with E-state index in [-0.39, 0.29) is 15.7 Å². The molecule has 1 heterocycles. The first-order valence-corrected chi connectivity index (χ1v) is 12.7. The molecular weight excluding hydrogens is 559 g/mol. The van der Waals surface area contributed by atoms with Gasteiger partial charge in [-0.1, -0.05) is 41.0 Å². The van der Waals surface area contributed by atoms with Crippen molar-refractivity contribution < 1.29 is 19.6 Å². The third-order valence-corrected chi connectivity index (χ3v) is 7.25. The molecule has 0 spiro atoms. The fourth-order valence-corrected chi connectivity index (χ4v) is 5.05. The van der Waals surface area contributed by atoms with Gasteiger partial charge < -0.3 is 9.84 Å². The normalized spacial score (nSPS) is 11.4. The zero-order valence-corrected chi connectivity index (χ0v) is 22.0. The number of nitro benzene ring substituents is 1. The standard InChI is InChI=1S/C24H16Cl2N4O5S2/c1-35-19-8-5-15(26)12-17(19)22-27-24(29-28-22)37-21(23(31)32)11-13-2-9-20(18(10-13)30(33)34)36-16-6-3-14(25)4-7-16/h2-12H,1H3,(H,31,32)(H,27,28,29)/b21-11+. The van der Waals surface area contributed by atoms with Crippen LogP contribution >= 0.6 is 46.7 Å². The summed E-state index contributed by atoms with van der Waals surface area (Å²) in [5.41, 5.74) is 0.737. The van der Waals surface area contributed by atoms with Gasteiger partial charge in [-0.25, -0.2) is 9.78 Å². The number of carbonyl (C=O) groups is 1. The van der Waals surface area contributed by atoms with Gasteiger partial charge in [0.25, 0.3) is 5.69 Å². The molecule has 0 atom stereocenters. The number of ether oxygens (including phenoxy) is 1. The quantitative estimate of drug-likeness (QED) is 0.0931. The minimum Gasteiger partial charge on any atom is -0.496 e. The molecule has 0 saturated heterocycles. The number of nitro groups is 1. The Labute approximate surface area is 229 Å². The van der Waals surface area contributed by atoms with E-state index in [1.54, 1.807) is 54.6 Å². The van der Waals surface area contributed by atoms with E-state index in [9.17, 15) is 20.0 Å². The van der Waals surface area contributed by atoms with E-state index in [0.29, 0.717) is 37.6 Å². The molecule has 0 fully saturated rings. The molecule has 2 N–H and O–H groups in total. The molecule has 0 amide bonds. The number of aromatic amines is 1. The van der Waals surface area contributed by atoms with Crippen molar-refractivity contribution >= 4 is 64.5 Å². The van der Waals surface area contributed by atoms with Crippen LogP contribution in [0.3, 0.4) is 0 Å². The summed E-state index contributed by atoms with van der Waals surface area (Å²) in [7, 11) is 1.50. The number of carboxylic acids is 1. The number of aromatic nitrogens is 3. The van der Waals surface area contributed by atoms with Gasteiger partial charge in [0, 0.05) is 21.0 Å². The Balaban J connectivity index is 1.61. The Morgan fingerprint density at radius 3 is 2.51 bits per heavy atom. The molecule has 0 radical (unpaired) electrons. The largest absolute Gasteiger partial charge is 0.496 e. The predicted molar refractivity (Wildman–Crippen MR) is 144 cm³/mol. The highest BCUT2D eigenvalue weighted by Crippen LogP contribution is 2.37. The van der Waals surface area contributed by atoms with Crippen molar-refractivity contribution in [3.8, 4) is 17.1 Å². The van der Waals surface area contributed by atoms with E-state index < -0.39 is 10.9 Å². The van der Waals surface area contributed by atoms with E-state index in [1.165, 1.54) is 31.0 Å². The monoisotopic (exact) mass is 574 g/mol. The Bertz CT molecular complexity index is 1510. The summed E-state index contributed by atoms with van der Waals surface area (Å²) in [6.07, 6.45) is 1.33. The van der Waals surface area contributed by atoms with Crippen LogP contribution in [-0.2, 0) is 4.79 Å². The second-order valence-electron chi connectivity index (χ2n) is 7.27. The number of hydrogen-bond acceptors (Lipinski definition) is 8. The number of methoxy groups -OCH3 is 1. The first kappa shape index (κ1) is 26.6. The Hall–Kier alpha value is -3.51. The smallest absolute Gasteiger partial charge is 0.342 e. The summed E-state index contributed by atoms with van der Waals surface area (Å²) in [4.78, 5) is 28.5. The average molecular weight is 575 g/mol. The molecule has 0 aliphatic carbocycles. The summed E-state index contributed by atoms with van der Waals surface area (Å²) in [5, 5.41) is 29.5. The van der Waals surface area contributed by atoms with Crippen molar-refractivity contribution in [2.75, 3.05) is 7.11 Å². The number of thioether (sulfide) groups is 1. The van der Waals surface area contributed by atoms with Crippen LogP contribution in [0.25, 0.3) is 17.5 Å². The fourth-order valence-electron chi connectivity index (χ4n) is 3.15. The van der Waals surface area contributed by atoms with E-state index in [4.69, 9.17) is 27.9 Å². The summed E-state index contributed by atoms with van der Waals surface area (Å²) in [6.45, 7) is 0. The highest BCUT2D eigenvalue weighted by molar-refractivity contribution is 8.04. The van der Waals surface area contributed by atoms with Crippen LogP contribution in [0.1, 0.15) is 5.56 Å². The summed E-state index contributed by atoms with van der Waals surface area (Å²) < 4.78 is 5.32. The third kappa shape index (κ3) is 6.63. The van der Waals surface area contributed by atoms with Crippen LogP contribution in [0, 0.1) is 10.1 Å². The minimum atomic E-state index is -1.24. The molecule has 0 aliphatic rings. The molecule has 9 nitrogen and oxygen atoms in total. The van der Waals surface area contributed by atoms with Gasteiger partial charge >= 0.3 is 5.97 Å². The lowest BCUT2D eigenvalue weighted by molar-refractivity contribution is -0.387. The first-order chi connectivity index (χ1) is 17.7.